The maximum Gasteiger partial charge on any atom is 0.373 e. The first kappa shape index (κ1) is 13.1. The number of hydrogen-bond donors (Lipinski definition) is 0. The maximum absolute atomic E-state index is 8.12. The lowest BCUT2D eigenvalue weighted by Crippen LogP contribution is -1.87. The zero-order valence-corrected chi connectivity index (χ0v) is 9.90. The molecule has 0 aromatic heterocycles. The Bertz CT molecular complexity index is 526. The first-order chi connectivity index (χ1) is 8.21. The van der Waals surface area contributed by atoms with E-state index >= 15 is 0 Å². The highest BCUT2D eigenvalue weighted by atomic mass is 16.5. The van der Waals surface area contributed by atoms with E-state index in [4.69, 9.17) is 14.3 Å². The largest absolute Gasteiger partial charge is 0.380 e. The number of benzene rings is 2. The van der Waals surface area contributed by atoms with E-state index in [-0.39, 0.29) is 6.15 Å². The molecule has 0 radical (unpaired) electrons. The van der Waals surface area contributed by atoms with Crippen LogP contribution >= 0.6 is 0 Å². The van der Waals surface area contributed by atoms with E-state index in [0.29, 0.717) is 6.61 Å². The van der Waals surface area contributed by atoms with Crippen LogP contribution in [-0.4, -0.2) is 13.3 Å². The summed E-state index contributed by atoms with van der Waals surface area (Å²) in [5.41, 5.74) is 2.53. The molecule has 3 nitrogen and oxygen atoms in total. The van der Waals surface area contributed by atoms with Crippen molar-refractivity contribution in [2.24, 2.45) is 0 Å². The summed E-state index contributed by atoms with van der Waals surface area (Å²) in [6, 6.07) is 12.9. The molecule has 2 rings (SSSR count). The van der Waals surface area contributed by atoms with E-state index in [1.165, 1.54) is 21.9 Å². The minimum atomic E-state index is 0.250. The molecule has 2 aromatic carbocycles. The van der Waals surface area contributed by atoms with Gasteiger partial charge in [-0.05, 0) is 29.3 Å². The van der Waals surface area contributed by atoms with Crippen LogP contribution in [0.2, 0.25) is 0 Å². The molecule has 0 aliphatic heterocycles. The molecule has 0 N–H and O–H groups in total. The highest BCUT2D eigenvalue weighted by molar-refractivity contribution is 5.83. The number of fused-ring (bicyclic) bond motifs is 1. The van der Waals surface area contributed by atoms with Crippen LogP contribution in [0.25, 0.3) is 10.8 Å². The van der Waals surface area contributed by atoms with Gasteiger partial charge in [0.1, 0.15) is 0 Å². The Morgan fingerprint density at radius 1 is 1.06 bits per heavy atom. The van der Waals surface area contributed by atoms with Crippen LogP contribution in [-0.2, 0) is 20.9 Å². The van der Waals surface area contributed by atoms with Gasteiger partial charge < -0.3 is 4.74 Å². The molecule has 0 atom stereocenters. The number of hydrogen-bond acceptors (Lipinski definition) is 3. The highest BCUT2D eigenvalue weighted by Crippen LogP contribution is 2.17. The van der Waals surface area contributed by atoms with Crippen LogP contribution in [0.1, 0.15) is 11.1 Å². The van der Waals surface area contributed by atoms with Gasteiger partial charge in [-0.3, -0.25) is 0 Å². The minimum Gasteiger partial charge on any atom is -0.380 e. The van der Waals surface area contributed by atoms with Crippen molar-refractivity contribution in [1.82, 2.24) is 0 Å². The van der Waals surface area contributed by atoms with Crippen molar-refractivity contribution in [3.8, 4) is 0 Å². The molecular formula is C14H14O3. The Balaban J connectivity index is 0.000000437. The Hall–Kier alpha value is -1.96. The molecule has 0 saturated carbocycles. The van der Waals surface area contributed by atoms with E-state index in [0.717, 1.165) is 0 Å². The van der Waals surface area contributed by atoms with E-state index in [9.17, 15) is 0 Å². The molecule has 0 spiro atoms. The van der Waals surface area contributed by atoms with Gasteiger partial charge in [0.2, 0.25) is 0 Å². The summed E-state index contributed by atoms with van der Waals surface area (Å²) in [5.74, 6) is 0. The summed E-state index contributed by atoms with van der Waals surface area (Å²) < 4.78 is 5.10. The third-order valence-corrected chi connectivity index (χ3v) is 2.37. The normalized spacial score (nSPS) is 9.29. The quantitative estimate of drug-likeness (QED) is 0.796. The predicted octanol–water partition coefficient (Wildman–Crippen LogP) is 2.71. The van der Waals surface area contributed by atoms with Crippen LogP contribution in [0, 0.1) is 6.92 Å². The molecule has 0 bridgehead atoms. The SMILES string of the molecule is COCc1ccc2cc(C)ccc2c1.O=C=O. The van der Waals surface area contributed by atoms with Crippen molar-refractivity contribution in [2.45, 2.75) is 13.5 Å². The van der Waals surface area contributed by atoms with Crippen molar-refractivity contribution in [2.75, 3.05) is 7.11 Å². The average molecular weight is 230 g/mol. The van der Waals surface area contributed by atoms with E-state index in [2.05, 4.69) is 43.3 Å². The molecular weight excluding hydrogens is 216 g/mol. The Labute approximate surface area is 100 Å². The number of methoxy groups -OCH3 is 1. The standard InChI is InChI=1S/C13H14O.CO2/c1-10-3-5-13-8-11(9-14-2)4-6-12(13)7-10;2-1-3/h3-8H,9H2,1-2H3;. The van der Waals surface area contributed by atoms with Gasteiger partial charge in [-0.25, -0.2) is 0 Å². The summed E-state index contributed by atoms with van der Waals surface area (Å²) in [4.78, 5) is 16.2. The second-order valence-electron chi connectivity index (χ2n) is 3.70. The van der Waals surface area contributed by atoms with Crippen LogP contribution in [0.5, 0.6) is 0 Å². The molecule has 2 aromatic rings. The topological polar surface area (TPSA) is 43.4 Å². The third kappa shape index (κ3) is 3.83. The molecule has 88 valence electrons. The van der Waals surface area contributed by atoms with Crippen molar-refractivity contribution >= 4 is 16.9 Å². The van der Waals surface area contributed by atoms with Crippen LogP contribution in [0.4, 0.5) is 0 Å². The lowest BCUT2D eigenvalue weighted by molar-refractivity contribution is -0.191. The number of carbonyl (C=O) groups excluding carboxylic acids is 2. The maximum atomic E-state index is 8.12. The van der Waals surface area contributed by atoms with Crippen LogP contribution < -0.4 is 0 Å². The fourth-order valence-electron chi connectivity index (χ4n) is 1.67. The van der Waals surface area contributed by atoms with Gasteiger partial charge in [0.15, 0.2) is 0 Å². The molecule has 0 aliphatic rings. The van der Waals surface area contributed by atoms with Crippen LogP contribution in [0.15, 0.2) is 36.4 Å². The van der Waals surface area contributed by atoms with Crippen molar-refractivity contribution in [1.29, 1.82) is 0 Å². The molecule has 17 heavy (non-hydrogen) atoms. The molecule has 0 unspecified atom stereocenters. The van der Waals surface area contributed by atoms with Gasteiger partial charge in [-0.2, -0.15) is 9.59 Å². The van der Waals surface area contributed by atoms with Gasteiger partial charge in [0.25, 0.3) is 0 Å². The van der Waals surface area contributed by atoms with Gasteiger partial charge in [-0.1, -0.05) is 35.9 Å². The third-order valence-electron chi connectivity index (χ3n) is 2.37. The number of rotatable bonds is 2. The van der Waals surface area contributed by atoms with Crippen molar-refractivity contribution < 1.29 is 14.3 Å². The van der Waals surface area contributed by atoms with Crippen molar-refractivity contribution in [3.05, 3.63) is 47.5 Å². The number of ether oxygens (including phenoxy) is 1. The molecule has 0 aliphatic carbocycles. The molecule has 0 amide bonds. The van der Waals surface area contributed by atoms with Crippen LogP contribution in [0.3, 0.4) is 0 Å². The lowest BCUT2D eigenvalue weighted by Gasteiger charge is -2.03. The Morgan fingerprint density at radius 3 is 2.29 bits per heavy atom. The van der Waals surface area contributed by atoms with Gasteiger partial charge in [0.05, 0.1) is 6.61 Å². The minimum absolute atomic E-state index is 0.250. The van der Waals surface area contributed by atoms with Gasteiger partial charge >= 0.3 is 6.15 Å². The monoisotopic (exact) mass is 230 g/mol. The summed E-state index contributed by atoms with van der Waals surface area (Å²) in [5, 5.41) is 2.58. The second-order valence-corrected chi connectivity index (χ2v) is 3.70. The van der Waals surface area contributed by atoms with E-state index in [1.54, 1.807) is 7.11 Å². The predicted molar refractivity (Wildman–Crippen MR) is 64.4 cm³/mol. The first-order valence-corrected chi connectivity index (χ1v) is 5.18. The average Bonchev–Trinajstić information content (AvgIpc) is 2.31. The second kappa shape index (κ2) is 6.59. The number of aryl methyl sites for hydroxylation is 1. The fraction of sp³-hybridized carbons (Fsp3) is 0.214. The summed E-state index contributed by atoms with van der Waals surface area (Å²) in [6.07, 6.45) is 0.250. The lowest BCUT2D eigenvalue weighted by atomic mass is 10.1. The summed E-state index contributed by atoms with van der Waals surface area (Å²) in [6.45, 7) is 2.80. The molecule has 3 heteroatoms. The van der Waals surface area contributed by atoms with Crippen molar-refractivity contribution in [3.63, 3.8) is 0 Å². The Kier molecular flexibility index (Phi) is 5.08. The Morgan fingerprint density at radius 2 is 1.65 bits per heavy atom. The zero-order chi connectivity index (χ0) is 12.7. The smallest absolute Gasteiger partial charge is 0.373 e. The summed E-state index contributed by atoms with van der Waals surface area (Å²) in [7, 11) is 1.72. The fourth-order valence-corrected chi connectivity index (χ4v) is 1.67. The molecule has 0 heterocycles. The first-order valence-electron chi connectivity index (χ1n) is 5.18. The molecule has 0 saturated heterocycles. The van der Waals surface area contributed by atoms with E-state index in [1.807, 2.05) is 0 Å². The van der Waals surface area contributed by atoms with Gasteiger partial charge in [0, 0.05) is 7.11 Å². The van der Waals surface area contributed by atoms with E-state index < -0.39 is 0 Å². The zero-order valence-electron chi connectivity index (χ0n) is 9.90. The summed E-state index contributed by atoms with van der Waals surface area (Å²) >= 11 is 0. The van der Waals surface area contributed by atoms with Gasteiger partial charge in [-0.15, -0.1) is 0 Å². The molecule has 0 fully saturated rings. The highest BCUT2D eigenvalue weighted by Gasteiger charge is 1.96.